The van der Waals surface area contributed by atoms with Gasteiger partial charge in [-0.1, -0.05) is 13.8 Å². The second kappa shape index (κ2) is 6.33. The molecule has 1 aliphatic rings. The lowest BCUT2D eigenvalue weighted by Gasteiger charge is -2.38. The third-order valence-corrected chi connectivity index (χ3v) is 3.27. The SMILES string of the molecule is CON(CC(C)C)C(=O)C1(CN)CCOCC1. The maximum atomic E-state index is 12.5. The van der Waals surface area contributed by atoms with Gasteiger partial charge in [0.25, 0.3) is 5.91 Å². The van der Waals surface area contributed by atoms with Crippen LogP contribution < -0.4 is 5.73 Å². The predicted octanol–water partition coefficient (Wildman–Crippen LogP) is 0.788. The van der Waals surface area contributed by atoms with Gasteiger partial charge in [0.2, 0.25) is 0 Å². The minimum atomic E-state index is -0.497. The molecule has 0 aromatic rings. The Labute approximate surface area is 103 Å². The zero-order valence-corrected chi connectivity index (χ0v) is 11.1. The average molecular weight is 244 g/mol. The molecule has 1 fully saturated rings. The summed E-state index contributed by atoms with van der Waals surface area (Å²) in [7, 11) is 1.53. The van der Waals surface area contributed by atoms with E-state index in [1.807, 2.05) is 0 Å². The highest BCUT2D eigenvalue weighted by Gasteiger charge is 2.41. The first-order valence-corrected chi connectivity index (χ1v) is 6.19. The van der Waals surface area contributed by atoms with E-state index in [1.54, 1.807) is 0 Å². The van der Waals surface area contributed by atoms with Crippen LogP contribution in [0.25, 0.3) is 0 Å². The van der Waals surface area contributed by atoms with Crippen molar-refractivity contribution in [2.75, 3.05) is 33.4 Å². The predicted molar refractivity (Wildman–Crippen MR) is 65.1 cm³/mol. The van der Waals surface area contributed by atoms with Gasteiger partial charge in [0.15, 0.2) is 0 Å². The van der Waals surface area contributed by atoms with E-state index in [4.69, 9.17) is 15.3 Å². The Kier molecular flexibility index (Phi) is 5.36. The number of nitrogens with two attached hydrogens (primary N) is 1. The van der Waals surface area contributed by atoms with Crippen molar-refractivity contribution >= 4 is 5.91 Å². The number of carbonyl (C=O) groups is 1. The van der Waals surface area contributed by atoms with Crippen molar-refractivity contribution < 1.29 is 14.4 Å². The molecule has 0 spiro atoms. The molecule has 1 amide bonds. The van der Waals surface area contributed by atoms with Gasteiger partial charge in [-0.3, -0.25) is 9.63 Å². The van der Waals surface area contributed by atoms with E-state index in [0.717, 1.165) is 0 Å². The van der Waals surface area contributed by atoms with E-state index in [0.29, 0.717) is 45.1 Å². The van der Waals surface area contributed by atoms with Gasteiger partial charge in [-0.2, -0.15) is 0 Å². The van der Waals surface area contributed by atoms with Crippen molar-refractivity contribution in [3.05, 3.63) is 0 Å². The first-order valence-electron chi connectivity index (χ1n) is 6.19. The molecule has 0 aromatic carbocycles. The second-order valence-corrected chi connectivity index (χ2v) is 5.04. The van der Waals surface area contributed by atoms with E-state index in [-0.39, 0.29) is 5.91 Å². The Morgan fingerprint density at radius 1 is 1.47 bits per heavy atom. The number of amides is 1. The number of hydrogen-bond acceptors (Lipinski definition) is 4. The van der Waals surface area contributed by atoms with E-state index in [2.05, 4.69) is 13.8 Å². The first-order chi connectivity index (χ1) is 8.05. The van der Waals surface area contributed by atoms with E-state index in [9.17, 15) is 4.79 Å². The number of nitrogens with zero attached hydrogens (tertiary/aromatic N) is 1. The minimum absolute atomic E-state index is 0.000463. The Bertz CT molecular complexity index is 250. The molecule has 1 heterocycles. The summed E-state index contributed by atoms with van der Waals surface area (Å²) in [5, 5.41) is 1.45. The smallest absolute Gasteiger partial charge is 0.253 e. The van der Waals surface area contributed by atoms with Crippen LogP contribution in [0.4, 0.5) is 0 Å². The molecule has 1 rings (SSSR count). The summed E-state index contributed by atoms with van der Waals surface area (Å²) in [6, 6.07) is 0. The van der Waals surface area contributed by atoms with Crippen molar-refractivity contribution in [1.29, 1.82) is 0 Å². The highest BCUT2D eigenvalue weighted by Crippen LogP contribution is 2.31. The van der Waals surface area contributed by atoms with Crippen LogP contribution in [0, 0.1) is 11.3 Å². The molecular formula is C12H24N2O3. The minimum Gasteiger partial charge on any atom is -0.381 e. The van der Waals surface area contributed by atoms with Gasteiger partial charge >= 0.3 is 0 Å². The Morgan fingerprint density at radius 3 is 2.47 bits per heavy atom. The molecule has 0 radical (unpaired) electrons. The molecule has 5 nitrogen and oxygen atoms in total. The van der Waals surface area contributed by atoms with Crippen LogP contribution in [-0.4, -0.2) is 44.4 Å². The van der Waals surface area contributed by atoms with Crippen LogP contribution in [0.15, 0.2) is 0 Å². The molecule has 17 heavy (non-hydrogen) atoms. The molecule has 0 saturated carbocycles. The van der Waals surface area contributed by atoms with E-state index >= 15 is 0 Å². The fourth-order valence-corrected chi connectivity index (χ4v) is 2.10. The molecule has 2 N–H and O–H groups in total. The molecule has 0 atom stereocenters. The van der Waals surface area contributed by atoms with E-state index in [1.165, 1.54) is 12.2 Å². The molecule has 5 heteroatoms. The maximum absolute atomic E-state index is 12.5. The zero-order valence-electron chi connectivity index (χ0n) is 11.1. The van der Waals surface area contributed by atoms with Gasteiger partial charge in [0.05, 0.1) is 19.1 Å². The standard InChI is InChI=1S/C12H24N2O3/c1-10(2)8-14(16-3)11(15)12(9-13)4-6-17-7-5-12/h10H,4-9,13H2,1-3H3. The summed E-state index contributed by atoms with van der Waals surface area (Å²) in [6.07, 6.45) is 1.36. The number of hydrogen-bond donors (Lipinski definition) is 1. The van der Waals surface area contributed by atoms with Crippen molar-refractivity contribution in [3.8, 4) is 0 Å². The highest BCUT2D eigenvalue weighted by molar-refractivity contribution is 5.82. The number of ether oxygens (including phenoxy) is 1. The summed E-state index contributed by atoms with van der Waals surface area (Å²) in [6.45, 7) is 6.26. The number of carbonyl (C=O) groups excluding carboxylic acids is 1. The van der Waals surface area contributed by atoms with Crippen molar-refractivity contribution in [2.45, 2.75) is 26.7 Å². The van der Waals surface area contributed by atoms with Crippen LogP contribution >= 0.6 is 0 Å². The summed E-state index contributed by atoms with van der Waals surface area (Å²) in [5.41, 5.74) is 5.31. The van der Waals surface area contributed by atoms with Gasteiger partial charge in [-0.15, -0.1) is 0 Å². The molecule has 1 aliphatic heterocycles. The summed E-state index contributed by atoms with van der Waals surface area (Å²) in [4.78, 5) is 17.7. The zero-order chi connectivity index (χ0) is 12.9. The fraction of sp³-hybridized carbons (Fsp3) is 0.917. The normalized spacial score (nSPS) is 19.4. The van der Waals surface area contributed by atoms with Gasteiger partial charge in [0, 0.05) is 19.8 Å². The molecule has 0 aromatic heterocycles. The molecular weight excluding hydrogens is 220 g/mol. The second-order valence-electron chi connectivity index (χ2n) is 5.04. The summed E-state index contributed by atoms with van der Waals surface area (Å²) < 4.78 is 5.30. The molecule has 0 unspecified atom stereocenters. The summed E-state index contributed by atoms with van der Waals surface area (Å²) in [5.74, 6) is 0.369. The number of rotatable bonds is 5. The average Bonchev–Trinajstić information content (AvgIpc) is 2.35. The topological polar surface area (TPSA) is 64.8 Å². The Balaban J connectivity index is 2.75. The Hall–Kier alpha value is -0.650. The lowest BCUT2D eigenvalue weighted by Crippen LogP contribution is -2.51. The summed E-state index contributed by atoms with van der Waals surface area (Å²) >= 11 is 0. The molecule has 0 bridgehead atoms. The van der Waals surface area contributed by atoms with Crippen molar-refractivity contribution in [2.24, 2.45) is 17.1 Å². The number of hydroxylamine groups is 2. The van der Waals surface area contributed by atoms with Crippen LogP contribution in [-0.2, 0) is 14.4 Å². The largest absolute Gasteiger partial charge is 0.381 e. The van der Waals surface area contributed by atoms with Crippen LogP contribution in [0.1, 0.15) is 26.7 Å². The van der Waals surface area contributed by atoms with Gasteiger partial charge in [-0.05, 0) is 18.8 Å². The lowest BCUT2D eigenvalue weighted by atomic mass is 9.79. The van der Waals surface area contributed by atoms with Gasteiger partial charge in [-0.25, -0.2) is 5.06 Å². The fourth-order valence-electron chi connectivity index (χ4n) is 2.10. The third-order valence-electron chi connectivity index (χ3n) is 3.27. The molecule has 1 saturated heterocycles. The third kappa shape index (κ3) is 3.40. The maximum Gasteiger partial charge on any atom is 0.253 e. The van der Waals surface area contributed by atoms with Crippen LogP contribution in [0.2, 0.25) is 0 Å². The lowest BCUT2D eigenvalue weighted by molar-refractivity contribution is -0.193. The molecule has 100 valence electrons. The first kappa shape index (κ1) is 14.4. The van der Waals surface area contributed by atoms with Gasteiger partial charge in [0.1, 0.15) is 0 Å². The van der Waals surface area contributed by atoms with Gasteiger partial charge < -0.3 is 10.5 Å². The monoisotopic (exact) mass is 244 g/mol. The van der Waals surface area contributed by atoms with E-state index < -0.39 is 5.41 Å². The Morgan fingerprint density at radius 2 is 2.06 bits per heavy atom. The molecule has 0 aliphatic carbocycles. The van der Waals surface area contributed by atoms with Crippen LogP contribution in [0.5, 0.6) is 0 Å². The highest BCUT2D eigenvalue weighted by atomic mass is 16.7. The van der Waals surface area contributed by atoms with Crippen molar-refractivity contribution in [3.63, 3.8) is 0 Å². The van der Waals surface area contributed by atoms with Crippen LogP contribution in [0.3, 0.4) is 0 Å². The quantitative estimate of drug-likeness (QED) is 0.726. The van der Waals surface area contributed by atoms with Crippen molar-refractivity contribution in [1.82, 2.24) is 5.06 Å².